The topological polar surface area (TPSA) is 97.0 Å². The maximum absolute atomic E-state index is 12.4. The Morgan fingerprint density at radius 2 is 1.92 bits per heavy atom. The van der Waals surface area contributed by atoms with Crippen LogP contribution < -0.4 is 19.5 Å². The van der Waals surface area contributed by atoms with Crippen LogP contribution in [0.1, 0.15) is 31.9 Å². The highest BCUT2D eigenvalue weighted by molar-refractivity contribution is 7.87. The second-order valence-corrected chi connectivity index (χ2v) is 7.98. The van der Waals surface area contributed by atoms with Gasteiger partial charge in [-0.1, -0.05) is 6.07 Å². The average molecular weight is 371 g/mol. The molecule has 140 valence electrons. The van der Waals surface area contributed by atoms with Gasteiger partial charge in [0.05, 0.1) is 20.3 Å². The summed E-state index contributed by atoms with van der Waals surface area (Å²) in [5.74, 6) is 0.741. The van der Waals surface area contributed by atoms with Crippen LogP contribution in [0.4, 0.5) is 0 Å². The fourth-order valence-electron chi connectivity index (χ4n) is 2.78. The van der Waals surface area contributed by atoms with E-state index in [0.29, 0.717) is 23.5 Å². The van der Waals surface area contributed by atoms with E-state index < -0.39 is 22.3 Å². The van der Waals surface area contributed by atoms with Crippen molar-refractivity contribution in [3.63, 3.8) is 0 Å². The Kier molecular flexibility index (Phi) is 5.91. The van der Waals surface area contributed by atoms with Crippen LogP contribution in [-0.4, -0.2) is 52.0 Å². The third-order valence-corrected chi connectivity index (χ3v) is 5.71. The summed E-state index contributed by atoms with van der Waals surface area (Å²) in [6.07, 6.45) is 0.309. The third kappa shape index (κ3) is 4.23. The number of hydrogen-bond donors (Lipinski definition) is 2. The van der Waals surface area contributed by atoms with Gasteiger partial charge in [0.25, 0.3) is 10.2 Å². The molecule has 0 unspecified atom stereocenters. The van der Waals surface area contributed by atoms with Gasteiger partial charge < -0.3 is 14.8 Å². The summed E-state index contributed by atoms with van der Waals surface area (Å²) in [4.78, 5) is 12.4. The van der Waals surface area contributed by atoms with E-state index in [0.717, 1.165) is 4.31 Å². The average Bonchev–Trinajstić information content (AvgIpc) is 2.55. The van der Waals surface area contributed by atoms with E-state index in [1.54, 1.807) is 18.2 Å². The molecule has 0 spiro atoms. The minimum Gasteiger partial charge on any atom is -0.493 e. The molecule has 1 aliphatic rings. The van der Waals surface area contributed by atoms with E-state index in [2.05, 4.69) is 10.0 Å². The predicted molar refractivity (Wildman–Crippen MR) is 93.8 cm³/mol. The van der Waals surface area contributed by atoms with Crippen LogP contribution in [0.3, 0.4) is 0 Å². The standard InChI is InChI=1S/C16H25N3O5S/c1-10(2)17-16(20)13-9-12(18-25(21,22)19(13)3)11-6-7-14(23-4)15(8-11)24-5/h6-8,10,12-13,18H,9H2,1-5H3,(H,17,20)/t12-,13+/m0/s1. The fraction of sp³-hybridized carbons (Fsp3) is 0.562. The fourth-order valence-corrected chi connectivity index (χ4v) is 4.05. The van der Waals surface area contributed by atoms with Gasteiger partial charge in [0.1, 0.15) is 6.04 Å². The van der Waals surface area contributed by atoms with Gasteiger partial charge in [0.2, 0.25) is 5.91 Å². The molecule has 0 radical (unpaired) electrons. The molecule has 2 atom stereocenters. The highest BCUT2D eigenvalue weighted by Gasteiger charge is 2.40. The van der Waals surface area contributed by atoms with Gasteiger partial charge in [0, 0.05) is 13.1 Å². The molecule has 1 heterocycles. The molecule has 1 amide bonds. The largest absolute Gasteiger partial charge is 0.493 e. The molecule has 2 N–H and O–H groups in total. The summed E-state index contributed by atoms with van der Waals surface area (Å²) in [5, 5.41) is 2.78. The molecule has 8 nitrogen and oxygen atoms in total. The Labute approximate surface area is 148 Å². The zero-order chi connectivity index (χ0) is 18.8. The molecule has 25 heavy (non-hydrogen) atoms. The van der Waals surface area contributed by atoms with Crippen molar-refractivity contribution in [2.24, 2.45) is 0 Å². The molecule has 0 bridgehead atoms. The van der Waals surface area contributed by atoms with Gasteiger partial charge in [-0.15, -0.1) is 0 Å². The first kappa shape index (κ1) is 19.5. The molecule has 0 aromatic heterocycles. The maximum Gasteiger partial charge on any atom is 0.280 e. The molecular weight excluding hydrogens is 346 g/mol. The molecule has 0 aliphatic carbocycles. The summed E-state index contributed by atoms with van der Waals surface area (Å²) < 4.78 is 39.0. The van der Waals surface area contributed by atoms with Gasteiger partial charge in [-0.05, 0) is 38.0 Å². The lowest BCUT2D eigenvalue weighted by atomic mass is 9.99. The second kappa shape index (κ2) is 7.59. The molecular formula is C16H25N3O5S. The number of likely N-dealkylation sites (N-methyl/N-ethyl adjacent to an activating group) is 1. The number of carbonyl (C=O) groups is 1. The lowest BCUT2D eigenvalue weighted by molar-refractivity contribution is -0.125. The van der Waals surface area contributed by atoms with Crippen LogP contribution in [0.15, 0.2) is 18.2 Å². The van der Waals surface area contributed by atoms with Crippen LogP contribution in [0, 0.1) is 0 Å². The van der Waals surface area contributed by atoms with E-state index >= 15 is 0 Å². The van der Waals surface area contributed by atoms with Crippen molar-refractivity contribution in [2.45, 2.75) is 38.4 Å². The summed E-state index contributed by atoms with van der Waals surface area (Å²) in [6.45, 7) is 3.67. The Bertz CT molecular complexity index is 735. The summed E-state index contributed by atoms with van der Waals surface area (Å²) in [5.41, 5.74) is 0.705. The van der Waals surface area contributed by atoms with Crippen LogP contribution >= 0.6 is 0 Å². The zero-order valence-corrected chi connectivity index (χ0v) is 15.9. The van der Waals surface area contributed by atoms with E-state index in [1.165, 1.54) is 21.3 Å². The SMILES string of the molecule is COc1ccc([C@@H]2C[C@H](C(=O)NC(C)C)N(C)S(=O)(=O)N2)cc1OC. The van der Waals surface area contributed by atoms with Crippen LogP contribution in [0.25, 0.3) is 0 Å². The van der Waals surface area contributed by atoms with E-state index in [9.17, 15) is 13.2 Å². The van der Waals surface area contributed by atoms with Crippen molar-refractivity contribution in [2.75, 3.05) is 21.3 Å². The van der Waals surface area contributed by atoms with Crippen LogP contribution in [-0.2, 0) is 15.0 Å². The lowest BCUT2D eigenvalue weighted by Crippen LogP contribution is -2.57. The van der Waals surface area contributed by atoms with Gasteiger partial charge in [-0.3, -0.25) is 4.79 Å². The molecule has 0 saturated carbocycles. The van der Waals surface area contributed by atoms with Gasteiger partial charge in [0.15, 0.2) is 11.5 Å². The van der Waals surface area contributed by atoms with Crippen molar-refractivity contribution >= 4 is 16.1 Å². The number of nitrogens with one attached hydrogen (secondary N) is 2. The Morgan fingerprint density at radius 1 is 1.28 bits per heavy atom. The highest BCUT2D eigenvalue weighted by atomic mass is 32.2. The van der Waals surface area contributed by atoms with Crippen molar-refractivity contribution in [1.82, 2.24) is 14.3 Å². The number of carbonyl (C=O) groups excluding carboxylic acids is 1. The molecule has 1 fully saturated rings. The third-order valence-electron chi connectivity index (χ3n) is 4.11. The van der Waals surface area contributed by atoms with Crippen molar-refractivity contribution in [3.8, 4) is 11.5 Å². The number of methoxy groups -OCH3 is 2. The number of hydrogen-bond acceptors (Lipinski definition) is 5. The van der Waals surface area contributed by atoms with Crippen molar-refractivity contribution < 1.29 is 22.7 Å². The Hall–Kier alpha value is -1.84. The maximum atomic E-state index is 12.4. The second-order valence-electron chi connectivity index (χ2n) is 6.22. The van der Waals surface area contributed by atoms with Crippen LogP contribution in [0.2, 0.25) is 0 Å². The summed E-state index contributed by atoms with van der Waals surface area (Å²) >= 11 is 0. The number of amides is 1. The van der Waals surface area contributed by atoms with E-state index in [4.69, 9.17) is 9.47 Å². The zero-order valence-electron chi connectivity index (χ0n) is 15.1. The summed E-state index contributed by atoms with van der Waals surface area (Å²) in [7, 11) is 0.670. The molecule has 1 saturated heterocycles. The number of ether oxygens (including phenoxy) is 2. The Morgan fingerprint density at radius 3 is 2.48 bits per heavy atom. The first-order valence-electron chi connectivity index (χ1n) is 7.97. The molecule has 2 rings (SSSR count). The van der Waals surface area contributed by atoms with Gasteiger partial charge >= 0.3 is 0 Å². The van der Waals surface area contributed by atoms with Crippen molar-refractivity contribution in [1.29, 1.82) is 0 Å². The van der Waals surface area contributed by atoms with E-state index in [-0.39, 0.29) is 11.9 Å². The molecule has 1 aromatic rings. The molecule has 1 aromatic carbocycles. The first-order valence-corrected chi connectivity index (χ1v) is 9.41. The minimum atomic E-state index is -3.77. The predicted octanol–water partition coefficient (Wildman–Crippen LogP) is 0.808. The Balaban J connectivity index is 2.34. The quantitative estimate of drug-likeness (QED) is 0.798. The smallest absolute Gasteiger partial charge is 0.280 e. The molecule has 1 aliphatic heterocycles. The summed E-state index contributed by atoms with van der Waals surface area (Å²) in [6, 6.07) is 3.80. The first-order chi connectivity index (χ1) is 11.7. The lowest BCUT2D eigenvalue weighted by Gasteiger charge is -2.36. The van der Waals surface area contributed by atoms with Crippen molar-refractivity contribution in [3.05, 3.63) is 23.8 Å². The number of benzene rings is 1. The van der Waals surface area contributed by atoms with Crippen LogP contribution in [0.5, 0.6) is 11.5 Å². The molecule has 9 heteroatoms. The minimum absolute atomic E-state index is 0.0713. The van der Waals surface area contributed by atoms with E-state index in [1.807, 2.05) is 13.8 Å². The highest BCUT2D eigenvalue weighted by Crippen LogP contribution is 2.34. The normalized spacial score (nSPS) is 23.3. The number of rotatable bonds is 5. The number of nitrogens with zero attached hydrogens (tertiary/aromatic N) is 1. The monoisotopic (exact) mass is 371 g/mol. The van der Waals surface area contributed by atoms with Gasteiger partial charge in [-0.2, -0.15) is 17.4 Å². The van der Waals surface area contributed by atoms with Gasteiger partial charge in [-0.25, -0.2) is 0 Å².